The lowest BCUT2D eigenvalue weighted by Gasteiger charge is -2.25. The van der Waals surface area contributed by atoms with Crippen LogP contribution in [0.25, 0.3) is 0 Å². The first-order chi connectivity index (χ1) is 11.8. The average Bonchev–Trinajstić information content (AvgIpc) is 2.66. The molecule has 0 saturated carbocycles. The minimum absolute atomic E-state index is 0. The van der Waals surface area contributed by atoms with Crippen LogP contribution < -0.4 is 21.0 Å². The first-order valence-electron chi connectivity index (χ1n) is 7.98. The molecule has 0 fully saturated rings. The number of benzene rings is 3. The van der Waals surface area contributed by atoms with Crippen LogP contribution in [0.3, 0.4) is 0 Å². The van der Waals surface area contributed by atoms with Gasteiger partial charge in [0.15, 0.2) is 0 Å². The summed E-state index contributed by atoms with van der Waals surface area (Å²) in [7, 11) is -1.77. The summed E-state index contributed by atoms with van der Waals surface area (Å²) in [5.74, 6) is 0. The first-order valence-corrected chi connectivity index (χ1v) is 10.5. The van der Waals surface area contributed by atoms with Gasteiger partial charge in [0, 0.05) is 0 Å². The summed E-state index contributed by atoms with van der Waals surface area (Å²) in [6.07, 6.45) is 0. The van der Waals surface area contributed by atoms with E-state index in [1.165, 1.54) is 15.9 Å². The second-order valence-corrected chi connectivity index (χ2v) is 9.35. The maximum Gasteiger partial charge on any atom is 0.146 e. The van der Waals surface area contributed by atoms with Gasteiger partial charge in [0.05, 0.1) is 0 Å². The summed E-state index contributed by atoms with van der Waals surface area (Å²) >= 11 is 6.58. The smallest absolute Gasteiger partial charge is 0.146 e. The third kappa shape index (κ3) is 4.05. The molecule has 3 rings (SSSR count). The summed E-state index contributed by atoms with van der Waals surface area (Å²) in [6, 6.07) is 32.0. The Balaban J connectivity index is 0.000000647. The lowest BCUT2D eigenvalue weighted by Crippen LogP contribution is -2.32. The fraction of sp³-hybridized carbons (Fsp3) is 0.143. The molecule has 0 aromatic heterocycles. The van der Waals surface area contributed by atoms with Crippen molar-refractivity contribution in [3.8, 4) is 0 Å². The van der Waals surface area contributed by atoms with Gasteiger partial charge in [-0.1, -0.05) is 73.1 Å². The molecular formula is C21H22ClOP. The Kier molecular flexibility index (Phi) is 7.46. The van der Waals surface area contributed by atoms with E-state index in [0.29, 0.717) is 5.62 Å². The van der Waals surface area contributed by atoms with Gasteiger partial charge in [0.2, 0.25) is 0 Å². The molecule has 0 heterocycles. The fourth-order valence-electron chi connectivity index (χ4n) is 2.70. The van der Waals surface area contributed by atoms with Crippen molar-refractivity contribution in [1.82, 2.24) is 0 Å². The summed E-state index contributed by atoms with van der Waals surface area (Å²) in [5.41, 5.74) is 0.616. The SMILES string of the molecule is CC[O-].ClC[P+](c1ccccc1)(c1ccccc1)c1ccccc1. The highest BCUT2D eigenvalue weighted by Gasteiger charge is 2.44. The van der Waals surface area contributed by atoms with Gasteiger partial charge in [0.1, 0.15) is 28.8 Å². The first kappa shape index (κ1) is 18.7. The third-order valence-electron chi connectivity index (χ3n) is 3.77. The van der Waals surface area contributed by atoms with Crippen LogP contribution in [0.1, 0.15) is 6.92 Å². The molecule has 0 unspecified atom stereocenters. The van der Waals surface area contributed by atoms with Crippen LogP contribution in [0.4, 0.5) is 0 Å². The Hall–Kier alpha value is -1.66. The standard InChI is InChI=1S/C19H17ClP.C2H5O/c20-16-21(17-10-4-1-5-11-17,18-12-6-2-7-13-18)19-14-8-3-9-15-19;1-2-3/h1-15H,16H2;2H2,1H3/q+1;-1. The van der Waals surface area contributed by atoms with E-state index in [1.54, 1.807) is 6.92 Å². The minimum atomic E-state index is -1.77. The van der Waals surface area contributed by atoms with Crippen molar-refractivity contribution in [2.24, 2.45) is 0 Å². The predicted molar refractivity (Wildman–Crippen MR) is 106 cm³/mol. The molecule has 3 aromatic rings. The van der Waals surface area contributed by atoms with E-state index in [9.17, 15) is 0 Å². The van der Waals surface area contributed by atoms with Gasteiger partial charge in [-0.2, -0.15) is 0 Å². The summed E-state index contributed by atoms with van der Waals surface area (Å²) in [5, 5.41) is 12.9. The van der Waals surface area contributed by atoms with Gasteiger partial charge in [-0.25, -0.2) is 0 Å². The summed E-state index contributed by atoms with van der Waals surface area (Å²) in [6.45, 7) is 1.57. The number of alkyl halides is 1. The molecule has 0 N–H and O–H groups in total. The van der Waals surface area contributed by atoms with E-state index in [2.05, 4.69) is 91.0 Å². The highest BCUT2D eigenvalue weighted by molar-refractivity contribution is 7.96. The molecule has 0 aliphatic heterocycles. The minimum Gasteiger partial charge on any atom is -0.855 e. The van der Waals surface area contributed by atoms with Crippen molar-refractivity contribution in [3.05, 3.63) is 91.0 Å². The molecule has 0 saturated heterocycles. The van der Waals surface area contributed by atoms with Crippen LogP contribution >= 0.6 is 18.9 Å². The number of hydrogen-bond acceptors (Lipinski definition) is 1. The Labute approximate surface area is 150 Å². The van der Waals surface area contributed by atoms with E-state index in [1.807, 2.05) is 0 Å². The average molecular weight is 357 g/mol. The molecule has 124 valence electrons. The molecule has 0 amide bonds. The van der Waals surface area contributed by atoms with Gasteiger partial charge >= 0.3 is 0 Å². The van der Waals surface area contributed by atoms with Crippen LogP contribution in [-0.2, 0) is 0 Å². The molecule has 3 aromatic carbocycles. The largest absolute Gasteiger partial charge is 0.855 e. The van der Waals surface area contributed by atoms with Crippen molar-refractivity contribution in [2.75, 3.05) is 12.2 Å². The van der Waals surface area contributed by atoms with Crippen LogP contribution in [0, 0.1) is 0 Å². The van der Waals surface area contributed by atoms with Crippen molar-refractivity contribution in [1.29, 1.82) is 0 Å². The maximum absolute atomic E-state index is 8.93. The summed E-state index contributed by atoms with van der Waals surface area (Å²) in [4.78, 5) is 0. The van der Waals surface area contributed by atoms with E-state index < -0.39 is 7.26 Å². The second kappa shape index (κ2) is 9.59. The fourth-order valence-corrected chi connectivity index (χ4v) is 7.30. The van der Waals surface area contributed by atoms with Crippen LogP contribution in [0.2, 0.25) is 0 Å². The van der Waals surface area contributed by atoms with Crippen molar-refractivity contribution < 1.29 is 5.11 Å². The van der Waals surface area contributed by atoms with Gasteiger partial charge in [0.25, 0.3) is 0 Å². The van der Waals surface area contributed by atoms with E-state index >= 15 is 0 Å². The number of hydrogen-bond donors (Lipinski definition) is 0. The molecule has 0 atom stereocenters. The quantitative estimate of drug-likeness (QED) is 0.518. The van der Waals surface area contributed by atoms with E-state index in [4.69, 9.17) is 16.7 Å². The Morgan fingerprint density at radius 2 is 0.917 bits per heavy atom. The third-order valence-corrected chi connectivity index (χ3v) is 8.74. The highest BCUT2D eigenvalue weighted by Crippen LogP contribution is 2.55. The molecule has 0 radical (unpaired) electrons. The molecule has 24 heavy (non-hydrogen) atoms. The zero-order chi connectivity index (χ0) is 17.3. The second-order valence-electron chi connectivity index (χ2n) is 5.22. The van der Waals surface area contributed by atoms with Gasteiger partial charge in [-0.15, -0.1) is 6.61 Å². The van der Waals surface area contributed by atoms with Gasteiger partial charge in [-0.3, -0.25) is 0 Å². The van der Waals surface area contributed by atoms with Crippen LogP contribution in [-0.4, -0.2) is 12.2 Å². The molecule has 0 aliphatic carbocycles. The molecule has 3 heteroatoms. The highest BCUT2D eigenvalue weighted by atomic mass is 35.5. The lowest BCUT2D eigenvalue weighted by atomic mass is 10.4. The van der Waals surface area contributed by atoms with E-state index in [0.717, 1.165) is 0 Å². The monoisotopic (exact) mass is 356 g/mol. The van der Waals surface area contributed by atoms with E-state index in [-0.39, 0.29) is 6.61 Å². The molecule has 1 nitrogen and oxygen atoms in total. The predicted octanol–water partition coefficient (Wildman–Crippen LogP) is 3.54. The van der Waals surface area contributed by atoms with Crippen molar-refractivity contribution in [2.45, 2.75) is 6.92 Å². The Morgan fingerprint density at radius 3 is 1.12 bits per heavy atom. The lowest BCUT2D eigenvalue weighted by molar-refractivity contribution is -0.361. The molecule has 0 aliphatic rings. The number of halogens is 1. The zero-order valence-corrected chi connectivity index (χ0v) is 15.5. The summed E-state index contributed by atoms with van der Waals surface area (Å²) < 4.78 is 0. The van der Waals surface area contributed by atoms with Crippen LogP contribution in [0.5, 0.6) is 0 Å². The molecule has 0 spiro atoms. The Morgan fingerprint density at radius 1 is 0.667 bits per heavy atom. The maximum atomic E-state index is 8.93. The topological polar surface area (TPSA) is 23.1 Å². The van der Waals surface area contributed by atoms with Gasteiger partial charge in [-0.05, 0) is 36.4 Å². The molecule has 0 bridgehead atoms. The van der Waals surface area contributed by atoms with Crippen molar-refractivity contribution in [3.63, 3.8) is 0 Å². The van der Waals surface area contributed by atoms with Gasteiger partial charge < -0.3 is 5.11 Å². The molecular weight excluding hydrogens is 335 g/mol. The Bertz CT molecular complexity index is 605. The normalized spacial score (nSPS) is 10.6. The number of rotatable bonds is 4. The zero-order valence-electron chi connectivity index (χ0n) is 13.8. The van der Waals surface area contributed by atoms with Crippen LogP contribution in [0.15, 0.2) is 91.0 Å². The van der Waals surface area contributed by atoms with Crippen molar-refractivity contribution >= 4 is 34.8 Å².